The predicted molar refractivity (Wildman–Crippen MR) is 100 cm³/mol. The number of sulfonamides is 1. The molecule has 0 bridgehead atoms. The zero-order valence-electron chi connectivity index (χ0n) is 16.0. The van der Waals surface area contributed by atoms with Gasteiger partial charge in [0.1, 0.15) is 5.76 Å². The Hall–Kier alpha value is -2.60. The third kappa shape index (κ3) is 4.59. The molecule has 164 valence electrons. The van der Waals surface area contributed by atoms with Gasteiger partial charge >= 0.3 is 12.1 Å². The zero-order valence-corrected chi connectivity index (χ0v) is 16.8. The van der Waals surface area contributed by atoms with Gasteiger partial charge in [0.15, 0.2) is 0 Å². The molecule has 4 rings (SSSR count). The quantitative estimate of drug-likeness (QED) is 0.770. The number of hydrogen-bond donors (Lipinski definition) is 1. The number of nitrogens with zero attached hydrogens (tertiary/aromatic N) is 3. The summed E-state index contributed by atoms with van der Waals surface area (Å²) < 4.78 is 63.0. The van der Waals surface area contributed by atoms with E-state index in [1.165, 1.54) is 10.6 Å². The number of rotatable bonds is 3. The number of hydrogen-bond acceptors (Lipinski definition) is 6. The van der Waals surface area contributed by atoms with Crippen molar-refractivity contribution in [2.45, 2.75) is 24.6 Å². The smallest absolute Gasteiger partial charge is 0.475 e. The third-order valence-electron chi connectivity index (χ3n) is 5.04. The number of carbonyl (C=O) groups is 1. The Morgan fingerprint density at radius 1 is 1.30 bits per heavy atom. The minimum absolute atomic E-state index is 0.216. The molecule has 8 nitrogen and oxygen atoms in total. The number of anilines is 1. The summed E-state index contributed by atoms with van der Waals surface area (Å²) in [7, 11) is -3.29. The molecule has 12 heteroatoms. The molecule has 1 fully saturated rings. The normalized spacial score (nSPS) is 21.4. The number of furan rings is 1. The Kier molecular flexibility index (Phi) is 5.83. The van der Waals surface area contributed by atoms with Crippen LogP contribution >= 0.6 is 0 Å². The average Bonchev–Trinajstić information content (AvgIpc) is 3.36. The first-order valence-electron chi connectivity index (χ1n) is 8.90. The van der Waals surface area contributed by atoms with Crippen molar-refractivity contribution in [1.29, 1.82) is 0 Å². The maximum Gasteiger partial charge on any atom is 0.490 e. The SMILES string of the molecule is CS(=O)(=O)N1CC2(CCN(Cc3ccco3)C2)c2ncccc21.O=C(O)C(F)(F)F. The van der Waals surface area contributed by atoms with Crippen LogP contribution in [0.5, 0.6) is 0 Å². The van der Waals surface area contributed by atoms with Crippen molar-refractivity contribution >= 4 is 21.7 Å². The van der Waals surface area contributed by atoms with Gasteiger partial charge in [0, 0.05) is 24.7 Å². The van der Waals surface area contributed by atoms with Crippen molar-refractivity contribution in [1.82, 2.24) is 9.88 Å². The second kappa shape index (κ2) is 7.91. The van der Waals surface area contributed by atoms with Crippen molar-refractivity contribution in [2.24, 2.45) is 0 Å². The predicted octanol–water partition coefficient (Wildman–Crippen LogP) is 2.23. The molecular weight excluding hydrogens is 427 g/mol. The largest absolute Gasteiger partial charge is 0.490 e. The fourth-order valence-corrected chi connectivity index (χ4v) is 4.76. The number of carboxylic acid groups (broad SMARTS) is 1. The lowest BCUT2D eigenvalue weighted by atomic mass is 9.85. The van der Waals surface area contributed by atoms with Crippen LogP contribution in [-0.2, 0) is 26.8 Å². The number of pyridine rings is 1. The van der Waals surface area contributed by atoms with E-state index in [0.29, 0.717) is 6.54 Å². The van der Waals surface area contributed by atoms with Gasteiger partial charge in [-0.05, 0) is 37.2 Å². The molecule has 30 heavy (non-hydrogen) atoms. The Morgan fingerprint density at radius 3 is 2.57 bits per heavy atom. The molecule has 1 atom stereocenters. The van der Waals surface area contributed by atoms with E-state index in [1.807, 2.05) is 18.2 Å². The van der Waals surface area contributed by atoms with Crippen molar-refractivity contribution in [2.75, 3.05) is 30.2 Å². The summed E-state index contributed by atoms with van der Waals surface area (Å²) in [5.74, 6) is -1.83. The van der Waals surface area contributed by atoms with Gasteiger partial charge in [0.25, 0.3) is 0 Å². The number of halogens is 3. The van der Waals surface area contributed by atoms with Gasteiger partial charge in [-0.3, -0.25) is 14.2 Å². The maximum atomic E-state index is 12.1. The van der Waals surface area contributed by atoms with Crippen molar-refractivity contribution in [3.05, 3.63) is 48.2 Å². The standard InChI is InChI=1S/C16H19N3O3S.C2HF3O2/c1-23(20,21)19-12-16(15-14(19)5-2-7-17-15)6-8-18(11-16)10-13-4-3-9-22-13;3-2(4,5)1(6)7/h2-5,7,9H,6,8,10-12H2,1H3;(H,6,7). The van der Waals surface area contributed by atoms with Gasteiger partial charge in [0.2, 0.25) is 10.0 Å². The highest BCUT2D eigenvalue weighted by Crippen LogP contribution is 2.46. The average molecular weight is 447 g/mol. The summed E-state index contributed by atoms with van der Waals surface area (Å²) in [4.78, 5) is 15.7. The minimum atomic E-state index is -5.08. The van der Waals surface area contributed by atoms with Gasteiger partial charge in [-0.2, -0.15) is 13.2 Å². The van der Waals surface area contributed by atoms with E-state index in [2.05, 4.69) is 9.88 Å². The topological polar surface area (TPSA) is 104 Å². The Bertz CT molecular complexity index is 1010. The van der Waals surface area contributed by atoms with E-state index in [1.54, 1.807) is 18.5 Å². The number of aromatic nitrogens is 1. The Balaban J connectivity index is 0.000000318. The maximum absolute atomic E-state index is 12.1. The van der Waals surface area contributed by atoms with E-state index in [-0.39, 0.29) is 5.41 Å². The van der Waals surface area contributed by atoms with Crippen molar-refractivity contribution in [3.63, 3.8) is 0 Å². The van der Waals surface area contributed by atoms with Gasteiger partial charge in [-0.15, -0.1) is 0 Å². The van der Waals surface area contributed by atoms with Crippen molar-refractivity contribution in [3.8, 4) is 0 Å². The van der Waals surface area contributed by atoms with Gasteiger partial charge in [-0.1, -0.05) is 0 Å². The molecule has 0 aliphatic carbocycles. The first kappa shape index (κ1) is 22.1. The monoisotopic (exact) mass is 447 g/mol. The lowest BCUT2D eigenvalue weighted by Gasteiger charge is -2.24. The zero-order chi connectivity index (χ0) is 22.2. The van der Waals surface area contributed by atoms with E-state index >= 15 is 0 Å². The van der Waals surface area contributed by atoms with Crippen molar-refractivity contribution < 1.29 is 35.9 Å². The summed E-state index contributed by atoms with van der Waals surface area (Å²) in [6.07, 6.45) is 0.517. The van der Waals surface area contributed by atoms with Crippen LogP contribution < -0.4 is 4.31 Å². The van der Waals surface area contributed by atoms with Crippen LogP contribution in [0.15, 0.2) is 41.1 Å². The van der Waals surface area contributed by atoms with E-state index in [4.69, 9.17) is 14.3 Å². The highest BCUT2D eigenvalue weighted by molar-refractivity contribution is 7.92. The summed E-state index contributed by atoms with van der Waals surface area (Å²) in [5.41, 5.74) is 1.42. The molecule has 2 aliphatic rings. The first-order valence-corrected chi connectivity index (χ1v) is 10.8. The third-order valence-corrected chi connectivity index (χ3v) is 6.17. The summed E-state index contributed by atoms with van der Waals surface area (Å²) in [6, 6.07) is 7.51. The molecule has 2 aliphatic heterocycles. The molecule has 0 radical (unpaired) electrons. The minimum Gasteiger partial charge on any atom is -0.475 e. The van der Waals surface area contributed by atoms with Crippen LogP contribution in [0.3, 0.4) is 0 Å². The van der Waals surface area contributed by atoms with E-state index in [0.717, 1.165) is 43.2 Å². The molecule has 0 saturated carbocycles. The fourth-order valence-electron chi connectivity index (χ4n) is 3.78. The second-order valence-electron chi connectivity index (χ2n) is 7.26. The number of fused-ring (bicyclic) bond motifs is 2. The number of carboxylic acids is 1. The summed E-state index contributed by atoms with van der Waals surface area (Å²) in [5, 5.41) is 7.12. The van der Waals surface area contributed by atoms with Crippen LogP contribution in [0.25, 0.3) is 0 Å². The molecule has 1 unspecified atom stereocenters. The molecule has 0 aromatic carbocycles. The first-order chi connectivity index (χ1) is 13.9. The van der Waals surface area contributed by atoms with Crippen LogP contribution in [0, 0.1) is 0 Å². The van der Waals surface area contributed by atoms with Crippen LogP contribution in [0.4, 0.5) is 18.9 Å². The van der Waals surface area contributed by atoms with Gasteiger partial charge in [0.05, 0.1) is 30.4 Å². The molecule has 1 spiro atoms. The van der Waals surface area contributed by atoms with Crippen LogP contribution in [-0.4, -0.2) is 61.4 Å². The van der Waals surface area contributed by atoms with E-state index in [9.17, 15) is 21.6 Å². The fraction of sp³-hybridized carbons (Fsp3) is 0.444. The Labute approximate surface area is 171 Å². The number of aliphatic carboxylic acids is 1. The lowest BCUT2D eigenvalue weighted by molar-refractivity contribution is -0.192. The summed E-state index contributed by atoms with van der Waals surface area (Å²) in [6.45, 7) is 2.93. The van der Waals surface area contributed by atoms with Crippen LogP contribution in [0.1, 0.15) is 17.9 Å². The van der Waals surface area contributed by atoms with Gasteiger partial charge in [-0.25, -0.2) is 13.2 Å². The molecule has 2 aromatic rings. The Morgan fingerprint density at radius 2 is 2.00 bits per heavy atom. The van der Waals surface area contributed by atoms with Crippen LogP contribution in [0.2, 0.25) is 0 Å². The van der Waals surface area contributed by atoms with Gasteiger partial charge < -0.3 is 9.52 Å². The molecule has 0 amide bonds. The lowest BCUT2D eigenvalue weighted by Crippen LogP contribution is -2.38. The molecule has 1 N–H and O–H groups in total. The summed E-state index contributed by atoms with van der Waals surface area (Å²) >= 11 is 0. The molecular formula is C18H20F3N3O5S. The molecule has 2 aromatic heterocycles. The highest BCUT2D eigenvalue weighted by Gasteiger charge is 2.50. The number of likely N-dealkylation sites (tertiary alicyclic amines) is 1. The molecule has 4 heterocycles. The highest BCUT2D eigenvalue weighted by atomic mass is 32.2. The second-order valence-corrected chi connectivity index (χ2v) is 9.17. The van der Waals surface area contributed by atoms with E-state index < -0.39 is 22.2 Å². The number of alkyl halides is 3. The molecule has 1 saturated heterocycles.